The van der Waals surface area contributed by atoms with Gasteiger partial charge in [-0.1, -0.05) is 94.6 Å². The van der Waals surface area contributed by atoms with Gasteiger partial charge < -0.3 is 147 Å². The molecular formula is C61H94I2N12O25. The molecule has 562 valence electrons. The third-order valence-corrected chi connectivity index (χ3v) is 18.1. The summed E-state index contributed by atoms with van der Waals surface area (Å²) in [6, 6.07) is 1.43. The van der Waals surface area contributed by atoms with E-state index >= 15 is 9.59 Å². The summed E-state index contributed by atoms with van der Waals surface area (Å²) in [6.07, 6.45) is -31.3. The number of ether oxygens (including phenoxy) is 5. The van der Waals surface area contributed by atoms with Crippen LogP contribution in [-0.2, 0) is 54.1 Å². The van der Waals surface area contributed by atoms with Gasteiger partial charge in [-0.25, -0.2) is 0 Å². The van der Waals surface area contributed by atoms with Crippen LogP contribution in [0.3, 0.4) is 0 Å². The maximum Gasteiger partial charge on any atom is 0.246 e. The monoisotopic (exact) mass is 1650 g/mol. The van der Waals surface area contributed by atoms with E-state index in [2.05, 4.69) is 87.1 Å². The largest absolute Gasteiger partial charge is 0.462 e. The van der Waals surface area contributed by atoms with Gasteiger partial charge in [0.25, 0.3) is 0 Å². The van der Waals surface area contributed by atoms with E-state index in [1.54, 1.807) is 49.2 Å². The molecule has 6 fully saturated rings. The highest BCUT2D eigenvalue weighted by Crippen LogP contribution is 2.34. The van der Waals surface area contributed by atoms with Crippen molar-refractivity contribution in [2.75, 3.05) is 91.2 Å². The molecule has 0 aliphatic carbocycles. The van der Waals surface area contributed by atoms with Crippen molar-refractivity contribution < 1.29 is 124 Å². The molecule has 100 heavy (non-hydrogen) atoms. The lowest BCUT2D eigenvalue weighted by Gasteiger charge is -2.46. The molecule has 39 heteroatoms. The molecule has 0 aromatic heterocycles. The number of guanidine groups is 2. The van der Waals surface area contributed by atoms with E-state index in [-0.39, 0.29) is 30.4 Å². The highest BCUT2D eigenvalue weighted by Gasteiger charge is 2.56. The second-order valence-electron chi connectivity index (χ2n) is 24.4. The van der Waals surface area contributed by atoms with Gasteiger partial charge in [-0.2, -0.15) is 0 Å². The number of nitrogens with zero attached hydrogens (tertiary/aromatic N) is 6. The number of amides is 6. The SMILES string of the molecule is C/N=C1/N(C)CC(C(O)C2NC(=O)C(Cc3ccc(OC4OC(CO)C(OC5OC(CO)C(O)C(O)C5O)C(O)C4O)cc3)NC(=O)C(C(C)c3ccccc3)NC(=O)CNC(=O)C(CO)NC(=O)C(C(O)C3CN(C)/C(=N/C)N3C3OC(CO)C(O)C(O)C3O)NC2=O)N1C.CI.CI. The Morgan fingerprint density at radius 1 is 0.540 bits per heavy atom. The van der Waals surface area contributed by atoms with E-state index in [1.807, 2.05) is 9.86 Å². The van der Waals surface area contributed by atoms with E-state index in [0.717, 1.165) is 4.90 Å². The van der Waals surface area contributed by atoms with Gasteiger partial charge in [0.15, 0.2) is 24.4 Å². The quantitative estimate of drug-likeness (QED) is 0.0516. The topological polar surface area (TPSA) is 542 Å². The first-order chi connectivity index (χ1) is 47.6. The summed E-state index contributed by atoms with van der Waals surface area (Å²) < 4.78 is 28.6. The van der Waals surface area contributed by atoms with Crippen LogP contribution in [-0.4, -0.2) is 376 Å². The average molecular weight is 1650 g/mol. The molecule has 2 aromatic rings. The van der Waals surface area contributed by atoms with Crippen molar-refractivity contribution in [2.24, 2.45) is 9.98 Å². The zero-order chi connectivity index (χ0) is 74.3. The number of carbonyl (C=O) groups excluding carboxylic acids is 6. The zero-order valence-corrected chi connectivity index (χ0v) is 60.3. The van der Waals surface area contributed by atoms with Gasteiger partial charge in [-0.15, -0.1) is 0 Å². The van der Waals surface area contributed by atoms with E-state index < -0.39 is 227 Å². The normalized spacial score (nSPS) is 36.0. The van der Waals surface area contributed by atoms with Crippen molar-refractivity contribution >= 4 is 92.5 Å². The predicted molar refractivity (Wildman–Crippen MR) is 367 cm³/mol. The lowest BCUT2D eigenvalue weighted by molar-refractivity contribution is -0.352. The number of carbonyl (C=O) groups is 6. The maximum atomic E-state index is 15.5. The first-order valence-corrected chi connectivity index (χ1v) is 36.0. The molecule has 6 aliphatic rings. The van der Waals surface area contributed by atoms with Crippen LogP contribution in [0.25, 0.3) is 0 Å². The molecule has 0 saturated carbocycles. The molecule has 6 saturated heterocycles. The van der Waals surface area contributed by atoms with Gasteiger partial charge in [0, 0.05) is 60.7 Å². The lowest BCUT2D eigenvalue weighted by atomic mass is 9.92. The number of rotatable bonds is 17. The fourth-order valence-electron chi connectivity index (χ4n) is 12.6. The number of benzene rings is 2. The van der Waals surface area contributed by atoms with Crippen LogP contribution >= 0.6 is 45.2 Å². The first-order valence-electron chi connectivity index (χ1n) is 31.7. The molecule has 0 bridgehead atoms. The third kappa shape index (κ3) is 19.0. The highest BCUT2D eigenvalue weighted by molar-refractivity contribution is 14.1. The first kappa shape index (κ1) is 83.3. The number of aliphatic hydroxyl groups is 14. The van der Waals surface area contributed by atoms with Gasteiger partial charge in [0.1, 0.15) is 121 Å². The smallest absolute Gasteiger partial charge is 0.246 e. The number of aliphatic hydroxyl groups excluding tert-OH is 14. The Morgan fingerprint density at radius 2 is 1.04 bits per heavy atom. The zero-order valence-electron chi connectivity index (χ0n) is 56.0. The molecule has 25 unspecified atom stereocenters. The second-order valence-corrected chi connectivity index (χ2v) is 24.4. The minimum Gasteiger partial charge on any atom is -0.462 e. The van der Waals surface area contributed by atoms with Crippen molar-refractivity contribution in [3.05, 3.63) is 65.7 Å². The number of aliphatic imine (C=N–C) groups is 2. The number of halogens is 2. The standard InChI is InChI=1S/C59H88N12O25.2CH3I/c1-24(26-10-8-7-9-11-26)36-52(89)63-28(16-25-12-14-27(15-13-25)92-56-48(86)45(83)49(34(23-75)95-56)96-57-47(85)44(82)42(80)33(22-74)94-57)51(88)66-37(39(77)30-18-68(4)58(60-2)70(30)6)54(91)67-38(53(90)64-29(20-72)50(87)62-17-35(76)65-36)40(78)31-19-69(5)59(61-3)71(31)55-46(84)43(81)41(79)32(21-73)93-55;2*1-2/h7-15,24,28-34,36-49,55-57,72-75,77-86H,16-23H2,1-6H3,(H,62,87)(H,63,89)(H,64,90)(H,65,76)(H,66,88)(H,67,91);2*1H3/b60-58-,61-59-;;. The van der Waals surface area contributed by atoms with Crippen LogP contribution in [0.5, 0.6) is 5.75 Å². The van der Waals surface area contributed by atoms with E-state index in [0.29, 0.717) is 11.5 Å². The minimum atomic E-state index is -2.30. The van der Waals surface area contributed by atoms with E-state index in [1.165, 1.54) is 62.3 Å². The average Bonchev–Trinajstić information content (AvgIpc) is 1.55. The van der Waals surface area contributed by atoms with Crippen molar-refractivity contribution in [1.82, 2.24) is 51.5 Å². The summed E-state index contributed by atoms with van der Waals surface area (Å²) >= 11 is 4.30. The fraction of sp³-hybridized carbons (Fsp3) is 0.672. The minimum absolute atomic E-state index is 0.0438. The molecule has 6 heterocycles. The van der Waals surface area contributed by atoms with Gasteiger partial charge in [-0.3, -0.25) is 38.8 Å². The Bertz CT molecular complexity index is 3070. The molecule has 37 nitrogen and oxygen atoms in total. The number of hydrogen-bond donors (Lipinski definition) is 20. The van der Waals surface area contributed by atoms with Crippen molar-refractivity contribution in [1.29, 1.82) is 0 Å². The number of nitrogens with one attached hydrogen (secondary N) is 6. The Balaban J connectivity index is 0.00000387. The van der Waals surface area contributed by atoms with Crippen LogP contribution in [0.15, 0.2) is 64.6 Å². The van der Waals surface area contributed by atoms with Crippen LogP contribution in [0.1, 0.15) is 24.0 Å². The molecule has 6 amide bonds. The van der Waals surface area contributed by atoms with Crippen LogP contribution in [0.2, 0.25) is 0 Å². The number of likely N-dealkylation sites (N-methyl/N-ethyl adjacent to an activating group) is 3. The van der Waals surface area contributed by atoms with E-state index in [9.17, 15) is 90.7 Å². The van der Waals surface area contributed by atoms with Gasteiger partial charge in [-0.05, 0) is 33.1 Å². The molecule has 25 atom stereocenters. The molecule has 6 aliphatic heterocycles. The Kier molecular flexibility index (Phi) is 31.8. The van der Waals surface area contributed by atoms with Crippen LogP contribution in [0.4, 0.5) is 0 Å². The Morgan fingerprint density at radius 3 is 1.61 bits per heavy atom. The van der Waals surface area contributed by atoms with Gasteiger partial charge in [0.05, 0.1) is 45.1 Å². The second kappa shape index (κ2) is 38.2. The van der Waals surface area contributed by atoms with Crippen molar-refractivity contribution in [2.45, 2.75) is 166 Å². The summed E-state index contributed by atoms with van der Waals surface area (Å²) in [5.41, 5.74) is 0.749. The molecule has 0 spiro atoms. The highest BCUT2D eigenvalue weighted by atomic mass is 127. The lowest BCUT2D eigenvalue weighted by Crippen LogP contribution is -2.69. The van der Waals surface area contributed by atoms with Crippen molar-refractivity contribution in [3.8, 4) is 5.75 Å². The number of alkyl halides is 2. The Labute approximate surface area is 603 Å². The summed E-state index contributed by atoms with van der Waals surface area (Å²) in [7, 11) is 7.41. The summed E-state index contributed by atoms with van der Waals surface area (Å²) in [5, 5.41) is 168. The summed E-state index contributed by atoms with van der Waals surface area (Å²) in [4.78, 5) is 107. The van der Waals surface area contributed by atoms with E-state index in [4.69, 9.17) is 23.7 Å². The summed E-state index contributed by atoms with van der Waals surface area (Å²) in [5.74, 6) is -7.77. The number of hydrogen-bond acceptors (Lipinski definition) is 27. The van der Waals surface area contributed by atoms with Crippen LogP contribution in [0, 0.1) is 0 Å². The summed E-state index contributed by atoms with van der Waals surface area (Å²) in [6.45, 7) is -3.36. The predicted octanol–water partition coefficient (Wildman–Crippen LogP) is -9.96. The molecular weight excluding hydrogens is 1550 g/mol. The fourth-order valence-corrected chi connectivity index (χ4v) is 12.6. The van der Waals surface area contributed by atoms with Gasteiger partial charge in [0.2, 0.25) is 41.7 Å². The van der Waals surface area contributed by atoms with Gasteiger partial charge >= 0.3 is 0 Å². The van der Waals surface area contributed by atoms with Crippen LogP contribution < -0.4 is 36.6 Å². The Hall–Kier alpha value is -5.66. The molecule has 20 N–H and O–H groups in total. The van der Waals surface area contributed by atoms with Crippen molar-refractivity contribution in [3.63, 3.8) is 0 Å². The molecule has 0 radical (unpaired) electrons. The molecule has 8 rings (SSSR count). The maximum absolute atomic E-state index is 15.5. The molecule has 2 aromatic carbocycles. The third-order valence-electron chi connectivity index (χ3n) is 18.1.